The van der Waals surface area contributed by atoms with E-state index in [0.717, 1.165) is 6.42 Å². The van der Waals surface area contributed by atoms with E-state index in [-0.39, 0.29) is 32.3 Å². The normalized spacial score (nSPS) is 27.7. The number of hydrogen-bond acceptors (Lipinski definition) is 0. The molecule has 0 aliphatic heterocycles. The Balaban J connectivity index is 0.00000364. The molecule has 1 aliphatic rings. The molecule has 1 aromatic heterocycles. The minimum absolute atomic E-state index is 0. The van der Waals surface area contributed by atoms with Crippen molar-refractivity contribution in [1.82, 2.24) is 4.98 Å². The van der Waals surface area contributed by atoms with Crippen LogP contribution >= 0.6 is 24.8 Å². The molecule has 1 aromatic rings. The molecular weight excluding hydrogens is 437 g/mol. The van der Waals surface area contributed by atoms with Gasteiger partial charge in [-0.05, 0) is 0 Å². The van der Waals surface area contributed by atoms with Gasteiger partial charge < -0.3 is 0 Å². The fraction of sp³-hybridized carbons (Fsp3) is 0.652. The molecule has 0 fully saturated rings. The van der Waals surface area contributed by atoms with E-state index >= 15 is 0 Å². The van der Waals surface area contributed by atoms with Gasteiger partial charge in [0.2, 0.25) is 0 Å². The van der Waals surface area contributed by atoms with Crippen molar-refractivity contribution in [2.75, 3.05) is 0 Å². The Bertz CT molecular complexity index is 1230. The Labute approximate surface area is 174 Å². The van der Waals surface area contributed by atoms with Crippen LogP contribution in [-0.2, 0) is 6.35 Å². The molecule has 1 aliphatic carbocycles. The number of halogens is 2. The Morgan fingerprint density at radius 2 is 1.29 bits per heavy atom. The molecule has 0 saturated carbocycles. The van der Waals surface area contributed by atoms with Gasteiger partial charge in [0.25, 0.3) is 0 Å². The minimum Gasteiger partial charge on any atom is -0.147 e. The van der Waals surface area contributed by atoms with Gasteiger partial charge in [-0.3, -0.25) is 0 Å². The van der Waals surface area contributed by atoms with Crippen LogP contribution in [-0.4, -0.2) is 12.6 Å². The van der Waals surface area contributed by atoms with Gasteiger partial charge in [-0.25, -0.2) is 0 Å². The van der Waals surface area contributed by atoms with Crippen LogP contribution in [0.2, 0.25) is 38.8 Å². The third kappa shape index (κ3) is 1.28. The largest absolute Gasteiger partial charge is 0.147 e. The number of aromatic nitrogens is 1. The van der Waals surface area contributed by atoms with E-state index in [1.807, 2.05) is 0 Å². The van der Waals surface area contributed by atoms with E-state index in [1.165, 1.54) is 4.00 Å². The smallest absolute Gasteiger partial charge is 0.147 e. The third-order valence-electron chi connectivity index (χ3n) is 18.5. The summed E-state index contributed by atoms with van der Waals surface area (Å²) in [6.45, 7) is 14.9. The van der Waals surface area contributed by atoms with Crippen LogP contribution in [0.5, 0.6) is 0 Å². The van der Waals surface area contributed by atoms with E-state index in [0.29, 0.717) is 0 Å². The molecule has 0 unspecified atom stereocenters. The van der Waals surface area contributed by atoms with Gasteiger partial charge in [0.1, 0.15) is 0 Å². The fourth-order valence-corrected chi connectivity index (χ4v) is 27.6. The summed E-state index contributed by atoms with van der Waals surface area (Å²) < 4.78 is 2.58. The minimum atomic E-state index is -6.72. The van der Waals surface area contributed by atoms with Crippen LogP contribution in [0.4, 0.5) is 0 Å². The van der Waals surface area contributed by atoms with Gasteiger partial charge in [0, 0.05) is 0 Å². The molecule has 0 amide bonds. The average Bonchev–Trinajstić information content (AvgIpc) is 3.01. The summed E-state index contributed by atoms with van der Waals surface area (Å²) in [6, 6.07) is 4.56. The Morgan fingerprint density at radius 3 is 1.54 bits per heavy atom. The van der Waals surface area contributed by atoms with E-state index in [2.05, 4.69) is 122 Å². The first-order chi connectivity index (χ1) is 10.4. The Hall–Kier alpha value is 0.271. The predicted molar refractivity (Wildman–Crippen MR) is 140 cm³/mol. The number of rotatable bonds is 2. The summed E-state index contributed by atoms with van der Waals surface area (Å²) in [5, 5.41) is 16.2. The van der Waals surface area contributed by atoms with E-state index in [9.17, 15) is 0 Å². The first kappa shape index (κ1) is 28.3. The summed E-state index contributed by atoms with van der Waals surface area (Å²) in [5.74, 6) is 0. The summed E-state index contributed by atoms with van der Waals surface area (Å²) in [4.78, 5) is 3.84. The van der Waals surface area contributed by atoms with Gasteiger partial charge in [-0.2, -0.15) is 0 Å². The third-order valence-corrected chi connectivity index (χ3v) is 85.4. The second-order valence-electron chi connectivity index (χ2n) is 24.0. The zero-order valence-corrected chi connectivity index (χ0v) is 25.3. The maximum Gasteiger partial charge on any atom is -0.147 e. The topological polar surface area (TPSA) is 15.8 Å². The maximum absolute atomic E-state index is 6.72. The van der Waals surface area contributed by atoms with Gasteiger partial charge in [0.05, 0.1) is 0 Å². The number of nitrogens with one attached hydrogen (secondary N) is 1. The monoisotopic (exact) mass is 485 g/mol. The Morgan fingerprint density at radius 1 is 0.857 bits per heavy atom. The molecule has 0 bridgehead atoms. The van der Waals surface area contributed by atoms with Gasteiger partial charge in [-0.1, -0.05) is 0 Å². The second-order valence-corrected chi connectivity index (χ2v) is 107. The van der Waals surface area contributed by atoms with Crippen LogP contribution in [0.25, 0.3) is 0 Å². The standard InChI is InChI=1S/C5H5.C4H4N.2C4H9.6CH3.2ClH.H2Si.Ti/c2*1-2-4-5-3-1;2*1-4(2)3;;;;;;;;;;/h1-3H,4H2;1-3,5H;2*1-3H3;6*1H3;2*1H;1H2;. The first-order valence-electron chi connectivity index (χ1n) is 10.6. The molecule has 1 heterocycles. The molecule has 0 saturated heterocycles. The van der Waals surface area contributed by atoms with Gasteiger partial charge >= 0.3 is 150 Å². The number of aromatic amines is 1. The van der Waals surface area contributed by atoms with Crippen molar-refractivity contribution < 1.29 is 6.35 Å². The molecule has 168 valence electrons. The van der Waals surface area contributed by atoms with E-state index in [4.69, 9.17) is 0 Å². The molecule has 28 heavy (non-hydrogen) atoms. The quantitative estimate of drug-likeness (QED) is 0.404. The summed E-state index contributed by atoms with van der Waals surface area (Å²) in [5.41, 5.74) is 0. The van der Waals surface area contributed by atoms with Crippen molar-refractivity contribution >= 4 is 36.4 Å². The molecule has 1 N–H and O–H groups in total. The SMILES string of the molecule is C[C](C)(C)[Ti]([CH3])([CH3])([CH3])([CH3])([CH3])([CH3])(=[SiH2])([C]1=CC=CC1)([c]1ccc[nH]1)[C](C)(C)C.Cl.Cl. The van der Waals surface area contributed by atoms with Crippen molar-refractivity contribution in [2.45, 2.75) is 86.8 Å². The van der Waals surface area contributed by atoms with Crippen molar-refractivity contribution in [3.63, 3.8) is 0 Å². The van der Waals surface area contributed by atoms with Crippen LogP contribution in [0.15, 0.2) is 40.4 Å². The zero-order valence-electron chi connectivity index (χ0n) is 20.7. The molecule has 0 aromatic carbocycles. The summed E-state index contributed by atoms with van der Waals surface area (Å²) in [6.07, 6.45) is 3.42. The molecule has 0 spiro atoms. The van der Waals surface area contributed by atoms with Crippen LogP contribution in [0.3, 0.4) is 0 Å². The van der Waals surface area contributed by atoms with Crippen molar-refractivity contribution in [1.29, 1.82) is 0 Å². The molecule has 1 nitrogen and oxygen atoms in total. The van der Waals surface area contributed by atoms with Crippen LogP contribution < -0.4 is 4.00 Å². The van der Waals surface area contributed by atoms with Crippen molar-refractivity contribution in [3.8, 4) is 0 Å². The van der Waals surface area contributed by atoms with Crippen LogP contribution in [0, 0.1) is 0 Å². The Kier molecular flexibility index (Phi) is 2.88. The first-order valence-corrected chi connectivity index (χ1v) is 27.1. The van der Waals surface area contributed by atoms with Gasteiger partial charge in [-0.15, -0.1) is 24.8 Å². The fourth-order valence-electron chi connectivity index (χ4n) is 6.64. The summed E-state index contributed by atoms with van der Waals surface area (Å²) in [7, 11) is 2.35. The molecule has 5 heteroatoms. The molecule has 0 radical (unpaired) electrons. The zero-order chi connectivity index (χ0) is 21.1. The maximum atomic E-state index is 3.84. The molecule has 0 atom stereocenters. The van der Waals surface area contributed by atoms with Crippen LogP contribution in [0.1, 0.15) is 48.0 Å². The van der Waals surface area contributed by atoms with Gasteiger partial charge in [0.15, 0.2) is 0 Å². The predicted octanol–water partition coefficient (Wildman–Crippen LogP) is 8.50. The second kappa shape index (κ2) is 2.85. The number of allylic oxidation sites excluding steroid dienone is 4. The number of hydrogen-bond donors (Lipinski definition) is 1. The molecule has 2 rings (SSSR count). The molecular formula is C23H49Cl2NSiTi. The van der Waals surface area contributed by atoms with Crippen molar-refractivity contribution in [2.24, 2.45) is 0 Å². The van der Waals surface area contributed by atoms with Crippen molar-refractivity contribution in [3.05, 3.63) is 40.4 Å². The number of H-pyrrole nitrogens is 1. The average molecular weight is 487 g/mol. The van der Waals surface area contributed by atoms with E-state index < -0.39 is 6.35 Å². The summed E-state index contributed by atoms with van der Waals surface area (Å²) >= 11 is 0. The van der Waals surface area contributed by atoms with E-state index in [1.54, 1.807) is 3.88 Å².